The number of carbonyl (C=O) groups is 1. The summed E-state index contributed by atoms with van der Waals surface area (Å²) in [6.07, 6.45) is 2.98. The second-order valence-corrected chi connectivity index (χ2v) is 7.06. The lowest BCUT2D eigenvalue weighted by molar-refractivity contribution is 0.0686. The minimum atomic E-state index is -0.543. The molecular weight excluding hydrogens is 321 g/mol. The van der Waals surface area contributed by atoms with Gasteiger partial charge < -0.3 is 4.90 Å². The lowest BCUT2D eigenvalue weighted by atomic mass is 9.92. The number of benzene rings is 1. The molecule has 0 N–H and O–H groups in total. The van der Waals surface area contributed by atoms with E-state index in [-0.39, 0.29) is 16.5 Å². The third-order valence-corrected chi connectivity index (χ3v) is 5.36. The van der Waals surface area contributed by atoms with Gasteiger partial charge in [0.1, 0.15) is 5.82 Å². The van der Waals surface area contributed by atoms with Crippen LogP contribution < -0.4 is 0 Å². The third-order valence-electron chi connectivity index (χ3n) is 4.15. The van der Waals surface area contributed by atoms with Gasteiger partial charge in [-0.25, -0.2) is 4.39 Å². The Balaban J connectivity index is 1.62. The van der Waals surface area contributed by atoms with Crippen LogP contribution in [0.15, 0.2) is 35.7 Å². The quantitative estimate of drug-likeness (QED) is 0.799. The summed E-state index contributed by atoms with van der Waals surface area (Å²) in [5, 5.41) is 2.28. The molecular formula is C17H17ClFNOS. The van der Waals surface area contributed by atoms with Crippen LogP contribution in [0.2, 0.25) is 5.02 Å². The fraction of sp³-hybridized carbons (Fsp3) is 0.353. The van der Waals surface area contributed by atoms with Crippen molar-refractivity contribution in [3.63, 3.8) is 0 Å². The van der Waals surface area contributed by atoms with Crippen LogP contribution in [0.4, 0.5) is 4.39 Å². The van der Waals surface area contributed by atoms with E-state index in [4.69, 9.17) is 11.6 Å². The maximum Gasteiger partial charge on any atom is 0.258 e. The normalized spacial score (nSPS) is 16.0. The molecule has 0 atom stereocenters. The second kappa shape index (κ2) is 6.80. The van der Waals surface area contributed by atoms with E-state index in [0.717, 1.165) is 19.3 Å². The van der Waals surface area contributed by atoms with Crippen LogP contribution in [0.25, 0.3) is 0 Å². The Labute approximate surface area is 138 Å². The molecule has 116 valence electrons. The lowest BCUT2D eigenvalue weighted by Crippen LogP contribution is -2.39. The van der Waals surface area contributed by atoms with Crippen molar-refractivity contribution in [1.82, 2.24) is 4.90 Å². The van der Waals surface area contributed by atoms with Crippen molar-refractivity contribution in [2.45, 2.75) is 19.3 Å². The minimum absolute atomic E-state index is 0.000809. The number of hydrogen-bond donors (Lipinski definition) is 0. The molecule has 2 aromatic rings. The standard InChI is InChI=1S/C17H17ClFNOS/c18-14-4-1-5-15(19)16(14)17(21)20-8-6-12(7-9-20)11-13-3-2-10-22-13/h1-5,10,12H,6-9,11H2. The Morgan fingerprint density at radius 1 is 1.27 bits per heavy atom. The first-order chi connectivity index (χ1) is 10.6. The van der Waals surface area contributed by atoms with Crippen molar-refractivity contribution >= 4 is 28.8 Å². The molecule has 0 unspecified atom stereocenters. The van der Waals surface area contributed by atoms with Crippen molar-refractivity contribution in [3.05, 3.63) is 57.0 Å². The van der Waals surface area contributed by atoms with Crippen molar-refractivity contribution in [2.24, 2.45) is 5.92 Å². The van der Waals surface area contributed by atoms with Gasteiger partial charge in [0, 0.05) is 18.0 Å². The molecule has 2 nitrogen and oxygen atoms in total. The molecule has 1 amide bonds. The smallest absolute Gasteiger partial charge is 0.258 e. The molecule has 0 aliphatic carbocycles. The van der Waals surface area contributed by atoms with Crippen molar-refractivity contribution < 1.29 is 9.18 Å². The Morgan fingerprint density at radius 3 is 2.68 bits per heavy atom. The highest BCUT2D eigenvalue weighted by Crippen LogP contribution is 2.27. The number of halogens is 2. The zero-order valence-electron chi connectivity index (χ0n) is 12.1. The molecule has 1 aliphatic rings. The van der Waals surface area contributed by atoms with Crippen molar-refractivity contribution in [3.8, 4) is 0 Å². The summed E-state index contributed by atoms with van der Waals surface area (Å²) in [6.45, 7) is 1.33. The Bertz CT molecular complexity index is 630. The predicted molar refractivity (Wildman–Crippen MR) is 88.1 cm³/mol. The summed E-state index contributed by atoms with van der Waals surface area (Å²) >= 11 is 7.76. The van der Waals surface area contributed by atoms with Crippen LogP contribution >= 0.6 is 22.9 Å². The van der Waals surface area contributed by atoms with Crippen LogP contribution in [0.1, 0.15) is 28.1 Å². The Kier molecular flexibility index (Phi) is 4.79. The molecule has 1 aromatic heterocycles. The fourth-order valence-electron chi connectivity index (χ4n) is 2.91. The largest absolute Gasteiger partial charge is 0.338 e. The molecule has 1 aliphatic heterocycles. The summed E-state index contributed by atoms with van der Waals surface area (Å²) in [7, 11) is 0. The second-order valence-electron chi connectivity index (χ2n) is 5.62. The van der Waals surface area contributed by atoms with Crippen LogP contribution in [-0.4, -0.2) is 23.9 Å². The molecule has 0 bridgehead atoms. The fourth-order valence-corrected chi connectivity index (χ4v) is 3.98. The molecule has 3 rings (SSSR count). The summed E-state index contributed by atoms with van der Waals surface area (Å²) in [4.78, 5) is 15.6. The van der Waals surface area contributed by atoms with E-state index in [0.29, 0.717) is 19.0 Å². The Morgan fingerprint density at radius 2 is 2.05 bits per heavy atom. The number of thiophene rings is 1. The number of piperidine rings is 1. The van der Waals surface area contributed by atoms with E-state index in [1.807, 2.05) is 0 Å². The summed E-state index contributed by atoms with van der Waals surface area (Å²) < 4.78 is 13.9. The average molecular weight is 338 g/mol. The lowest BCUT2D eigenvalue weighted by Gasteiger charge is -2.32. The van der Waals surface area contributed by atoms with E-state index in [1.165, 1.54) is 17.0 Å². The molecule has 2 heterocycles. The first-order valence-corrected chi connectivity index (χ1v) is 8.66. The highest BCUT2D eigenvalue weighted by molar-refractivity contribution is 7.09. The zero-order chi connectivity index (χ0) is 15.5. The zero-order valence-corrected chi connectivity index (χ0v) is 13.7. The van der Waals surface area contributed by atoms with Gasteiger partial charge in [0.25, 0.3) is 5.91 Å². The molecule has 5 heteroatoms. The third kappa shape index (κ3) is 3.33. The van der Waals surface area contributed by atoms with E-state index in [2.05, 4.69) is 17.5 Å². The van der Waals surface area contributed by atoms with Crippen molar-refractivity contribution in [2.75, 3.05) is 13.1 Å². The summed E-state index contributed by atoms with van der Waals surface area (Å²) in [6, 6.07) is 8.58. The Hall–Kier alpha value is -1.39. The minimum Gasteiger partial charge on any atom is -0.338 e. The number of rotatable bonds is 3. The summed E-state index contributed by atoms with van der Waals surface area (Å²) in [5.41, 5.74) is 0.000809. The highest BCUT2D eigenvalue weighted by atomic mass is 35.5. The highest BCUT2D eigenvalue weighted by Gasteiger charge is 2.26. The van der Waals surface area contributed by atoms with Gasteiger partial charge in [-0.2, -0.15) is 0 Å². The average Bonchev–Trinajstić information content (AvgIpc) is 3.00. The number of amides is 1. The van der Waals surface area contributed by atoms with E-state index in [9.17, 15) is 9.18 Å². The van der Waals surface area contributed by atoms with Gasteiger partial charge in [-0.15, -0.1) is 11.3 Å². The van der Waals surface area contributed by atoms with Gasteiger partial charge in [-0.1, -0.05) is 23.7 Å². The van der Waals surface area contributed by atoms with Crippen LogP contribution in [0.3, 0.4) is 0 Å². The van der Waals surface area contributed by atoms with Gasteiger partial charge in [0.15, 0.2) is 0 Å². The van der Waals surface area contributed by atoms with Gasteiger partial charge in [0.2, 0.25) is 0 Å². The van der Waals surface area contributed by atoms with Gasteiger partial charge in [-0.3, -0.25) is 4.79 Å². The van der Waals surface area contributed by atoms with Crippen LogP contribution in [0, 0.1) is 11.7 Å². The molecule has 1 fully saturated rings. The molecule has 0 spiro atoms. The maximum atomic E-state index is 13.9. The number of hydrogen-bond acceptors (Lipinski definition) is 2. The van der Waals surface area contributed by atoms with Gasteiger partial charge in [-0.05, 0) is 48.8 Å². The maximum absolute atomic E-state index is 13.9. The van der Waals surface area contributed by atoms with Crippen LogP contribution in [-0.2, 0) is 6.42 Å². The van der Waals surface area contributed by atoms with Gasteiger partial charge >= 0.3 is 0 Å². The molecule has 1 saturated heterocycles. The van der Waals surface area contributed by atoms with Crippen LogP contribution in [0.5, 0.6) is 0 Å². The van der Waals surface area contributed by atoms with E-state index < -0.39 is 5.82 Å². The topological polar surface area (TPSA) is 20.3 Å². The number of carbonyl (C=O) groups excluding carboxylic acids is 1. The van der Waals surface area contributed by atoms with Crippen molar-refractivity contribution in [1.29, 1.82) is 0 Å². The number of nitrogens with zero attached hydrogens (tertiary/aromatic N) is 1. The van der Waals surface area contributed by atoms with E-state index in [1.54, 1.807) is 22.3 Å². The molecule has 0 saturated carbocycles. The molecule has 1 aromatic carbocycles. The SMILES string of the molecule is O=C(c1c(F)cccc1Cl)N1CCC(Cc2cccs2)CC1. The van der Waals surface area contributed by atoms with Gasteiger partial charge in [0.05, 0.1) is 10.6 Å². The number of likely N-dealkylation sites (tertiary alicyclic amines) is 1. The first kappa shape index (κ1) is 15.5. The summed E-state index contributed by atoms with van der Waals surface area (Å²) in [5.74, 6) is -0.241. The molecule has 22 heavy (non-hydrogen) atoms. The first-order valence-electron chi connectivity index (χ1n) is 7.41. The molecule has 0 radical (unpaired) electrons. The van der Waals surface area contributed by atoms with E-state index >= 15 is 0 Å². The monoisotopic (exact) mass is 337 g/mol. The predicted octanol–water partition coefficient (Wildman–Crippen LogP) is 4.64.